The Labute approximate surface area is 135 Å². The first kappa shape index (κ1) is 14.5. The van der Waals surface area contributed by atoms with Crippen molar-refractivity contribution in [2.24, 2.45) is 0 Å². The Hall–Kier alpha value is -2.10. The Balaban J connectivity index is 1.87. The molecular formula is C18H20N4O. The molecule has 2 atom stereocenters. The number of nitrogens with zero attached hydrogens (tertiary/aromatic N) is 4. The van der Waals surface area contributed by atoms with E-state index in [2.05, 4.69) is 29.5 Å². The SMILES string of the molecule is CC1=C=C(c2nc([C@@H]3CCO[C@H](C)C3)nc3nc(C)cnc23)C1. The predicted molar refractivity (Wildman–Crippen MR) is 88.0 cm³/mol. The van der Waals surface area contributed by atoms with Gasteiger partial charge in [-0.25, -0.2) is 19.9 Å². The third-order valence-corrected chi connectivity index (χ3v) is 4.49. The van der Waals surface area contributed by atoms with E-state index in [0.717, 1.165) is 54.2 Å². The van der Waals surface area contributed by atoms with Crippen molar-refractivity contribution in [3.8, 4) is 0 Å². The molecule has 2 aliphatic rings. The first-order valence-electron chi connectivity index (χ1n) is 8.18. The highest BCUT2D eigenvalue weighted by molar-refractivity contribution is 5.86. The molecule has 1 aliphatic carbocycles. The normalized spacial score (nSPS) is 24.1. The van der Waals surface area contributed by atoms with Gasteiger partial charge >= 0.3 is 0 Å². The van der Waals surface area contributed by atoms with Gasteiger partial charge in [0.05, 0.1) is 11.8 Å². The van der Waals surface area contributed by atoms with Crippen LogP contribution in [0, 0.1) is 6.92 Å². The largest absolute Gasteiger partial charge is 0.378 e. The number of fused-ring (bicyclic) bond motifs is 1. The predicted octanol–water partition coefficient (Wildman–Crippen LogP) is 3.34. The maximum atomic E-state index is 5.66. The molecule has 0 bridgehead atoms. The Kier molecular flexibility index (Phi) is 3.47. The van der Waals surface area contributed by atoms with Crippen LogP contribution in [0.4, 0.5) is 0 Å². The number of hydrogen-bond acceptors (Lipinski definition) is 5. The van der Waals surface area contributed by atoms with Crippen molar-refractivity contribution >= 4 is 16.7 Å². The highest BCUT2D eigenvalue weighted by Gasteiger charge is 2.26. The Bertz CT molecular complexity index is 851. The molecule has 0 aromatic carbocycles. The van der Waals surface area contributed by atoms with Gasteiger partial charge in [0.2, 0.25) is 0 Å². The smallest absolute Gasteiger partial charge is 0.182 e. The molecule has 2 aromatic rings. The molecule has 0 unspecified atom stereocenters. The maximum absolute atomic E-state index is 5.66. The van der Waals surface area contributed by atoms with E-state index in [9.17, 15) is 0 Å². The minimum absolute atomic E-state index is 0.255. The molecule has 5 nitrogen and oxygen atoms in total. The molecule has 3 heterocycles. The molecule has 0 amide bonds. The number of hydrogen-bond donors (Lipinski definition) is 0. The van der Waals surface area contributed by atoms with E-state index in [1.807, 2.05) is 6.92 Å². The first-order chi connectivity index (χ1) is 11.1. The van der Waals surface area contributed by atoms with Crippen molar-refractivity contribution in [1.29, 1.82) is 0 Å². The standard InChI is InChI=1S/C18H20N4O/c1-10-6-14(7-10)15-16-18(20-11(2)9-19-16)22-17(21-15)13-4-5-23-12(3)8-13/h9,12-13H,4-6,8H2,1-3H3/t12-,13-/m1/s1. The van der Waals surface area contributed by atoms with Crippen LogP contribution in [0.2, 0.25) is 0 Å². The van der Waals surface area contributed by atoms with Crippen molar-refractivity contribution in [3.05, 3.63) is 34.7 Å². The van der Waals surface area contributed by atoms with Crippen LogP contribution < -0.4 is 0 Å². The molecule has 118 valence electrons. The minimum Gasteiger partial charge on any atom is -0.378 e. The summed E-state index contributed by atoms with van der Waals surface area (Å²) in [5.74, 6) is 1.20. The quantitative estimate of drug-likeness (QED) is 0.796. The number of allylic oxidation sites excluding steroid dienone is 1. The zero-order valence-corrected chi connectivity index (χ0v) is 13.8. The lowest BCUT2D eigenvalue weighted by Gasteiger charge is -2.26. The van der Waals surface area contributed by atoms with Gasteiger partial charge in [0.15, 0.2) is 5.65 Å². The van der Waals surface area contributed by atoms with Gasteiger partial charge in [-0.1, -0.05) is 0 Å². The van der Waals surface area contributed by atoms with Crippen molar-refractivity contribution in [2.75, 3.05) is 6.61 Å². The lowest BCUT2D eigenvalue weighted by Crippen LogP contribution is -2.23. The summed E-state index contributed by atoms with van der Waals surface area (Å²) in [4.78, 5) is 18.7. The molecule has 0 spiro atoms. The second kappa shape index (κ2) is 5.52. The topological polar surface area (TPSA) is 60.8 Å². The Morgan fingerprint density at radius 2 is 2.04 bits per heavy atom. The summed E-state index contributed by atoms with van der Waals surface area (Å²) >= 11 is 0. The zero-order chi connectivity index (χ0) is 16.0. The van der Waals surface area contributed by atoms with Gasteiger partial charge in [0.25, 0.3) is 0 Å². The van der Waals surface area contributed by atoms with E-state index >= 15 is 0 Å². The van der Waals surface area contributed by atoms with Gasteiger partial charge in [0, 0.05) is 30.7 Å². The molecule has 4 rings (SSSR count). The summed E-state index contributed by atoms with van der Waals surface area (Å²) in [5.41, 5.74) is 9.00. The molecule has 5 heteroatoms. The van der Waals surface area contributed by atoms with E-state index in [-0.39, 0.29) is 6.10 Å². The molecule has 0 N–H and O–H groups in total. The average molecular weight is 308 g/mol. The lowest BCUT2D eigenvalue weighted by molar-refractivity contribution is 0.0173. The van der Waals surface area contributed by atoms with Crippen LogP contribution >= 0.6 is 0 Å². The monoisotopic (exact) mass is 308 g/mol. The number of ether oxygens (including phenoxy) is 1. The molecule has 2 aromatic heterocycles. The van der Waals surface area contributed by atoms with Crippen LogP contribution in [0.3, 0.4) is 0 Å². The third-order valence-electron chi connectivity index (χ3n) is 4.49. The second-order valence-corrected chi connectivity index (χ2v) is 6.58. The first-order valence-corrected chi connectivity index (χ1v) is 8.18. The fourth-order valence-electron chi connectivity index (χ4n) is 3.28. The number of rotatable bonds is 2. The molecule has 1 aliphatic heterocycles. The molecule has 1 saturated heterocycles. The highest BCUT2D eigenvalue weighted by Crippen LogP contribution is 2.33. The van der Waals surface area contributed by atoms with Gasteiger partial charge < -0.3 is 4.74 Å². The van der Waals surface area contributed by atoms with E-state index in [0.29, 0.717) is 11.6 Å². The van der Waals surface area contributed by atoms with E-state index in [1.54, 1.807) is 6.20 Å². The summed E-state index contributed by atoms with van der Waals surface area (Å²) < 4.78 is 5.66. The summed E-state index contributed by atoms with van der Waals surface area (Å²) in [6.45, 7) is 6.91. The van der Waals surface area contributed by atoms with Crippen LogP contribution in [0.5, 0.6) is 0 Å². The zero-order valence-electron chi connectivity index (χ0n) is 13.8. The summed E-state index contributed by atoms with van der Waals surface area (Å²) in [6, 6.07) is 0. The second-order valence-electron chi connectivity index (χ2n) is 6.58. The van der Waals surface area contributed by atoms with Crippen molar-refractivity contribution in [3.63, 3.8) is 0 Å². The third kappa shape index (κ3) is 2.67. The average Bonchev–Trinajstić information content (AvgIpc) is 2.50. The fourth-order valence-corrected chi connectivity index (χ4v) is 3.28. The molecule has 0 saturated carbocycles. The maximum Gasteiger partial charge on any atom is 0.182 e. The van der Waals surface area contributed by atoms with Crippen LogP contribution in [-0.4, -0.2) is 32.6 Å². The van der Waals surface area contributed by atoms with Crippen LogP contribution in [0.25, 0.3) is 16.7 Å². The number of aromatic nitrogens is 4. The fraction of sp³-hybridized carbons (Fsp3) is 0.500. The molecule has 1 fully saturated rings. The minimum atomic E-state index is 0.255. The molecule has 23 heavy (non-hydrogen) atoms. The van der Waals surface area contributed by atoms with E-state index in [1.165, 1.54) is 5.57 Å². The van der Waals surface area contributed by atoms with Crippen LogP contribution in [0.15, 0.2) is 17.5 Å². The van der Waals surface area contributed by atoms with Crippen LogP contribution in [-0.2, 0) is 4.74 Å². The van der Waals surface area contributed by atoms with Crippen molar-refractivity contribution < 1.29 is 4.74 Å². The molecule has 0 radical (unpaired) electrons. The summed E-state index contributed by atoms with van der Waals surface area (Å²) in [6.07, 6.45) is 4.87. The summed E-state index contributed by atoms with van der Waals surface area (Å²) in [5, 5.41) is 0. The van der Waals surface area contributed by atoms with Crippen molar-refractivity contribution in [2.45, 2.75) is 52.1 Å². The van der Waals surface area contributed by atoms with Gasteiger partial charge in [-0.2, -0.15) is 0 Å². The van der Waals surface area contributed by atoms with Gasteiger partial charge in [0.1, 0.15) is 17.0 Å². The van der Waals surface area contributed by atoms with Crippen LogP contribution in [0.1, 0.15) is 56.2 Å². The van der Waals surface area contributed by atoms with Gasteiger partial charge in [-0.05, 0) is 39.2 Å². The lowest BCUT2D eigenvalue weighted by atomic mass is 9.93. The Morgan fingerprint density at radius 3 is 2.78 bits per heavy atom. The number of aryl methyl sites for hydroxylation is 1. The Morgan fingerprint density at radius 1 is 1.22 bits per heavy atom. The van der Waals surface area contributed by atoms with Crippen molar-refractivity contribution in [1.82, 2.24) is 19.9 Å². The van der Waals surface area contributed by atoms with E-state index in [4.69, 9.17) is 14.7 Å². The summed E-state index contributed by atoms with van der Waals surface area (Å²) in [7, 11) is 0. The highest BCUT2D eigenvalue weighted by atomic mass is 16.5. The van der Waals surface area contributed by atoms with Gasteiger partial charge in [-0.15, -0.1) is 5.73 Å². The molecular weight excluding hydrogens is 288 g/mol. The van der Waals surface area contributed by atoms with E-state index < -0.39 is 0 Å². The van der Waals surface area contributed by atoms with Gasteiger partial charge in [-0.3, -0.25) is 0 Å².